The molecular formula is C20H26IN5. The highest BCUT2D eigenvalue weighted by Crippen LogP contribution is 2.21. The van der Waals surface area contributed by atoms with Gasteiger partial charge in [-0.25, -0.2) is 4.99 Å². The molecule has 5 nitrogen and oxygen atoms in total. The molecule has 3 aromatic rings. The molecule has 3 N–H and O–H groups in total. The van der Waals surface area contributed by atoms with Crippen LogP contribution in [0.1, 0.15) is 23.9 Å². The van der Waals surface area contributed by atoms with E-state index in [0.29, 0.717) is 6.54 Å². The first-order valence-corrected chi connectivity index (χ1v) is 8.76. The lowest BCUT2D eigenvalue weighted by molar-refractivity contribution is 0.796. The number of aromatic nitrogens is 2. The molecule has 1 aromatic carbocycles. The molecule has 6 heteroatoms. The molecule has 0 fully saturated rings. The largest absolute Gasteiger partial charge is 0.358 e. The first kappa shape index (κ1) is 20.2. The van der Waals surface area contributed by atoms with Crippen molar-refractivity contribution in [1.29, 1.82) is 0 Å². The number of aliphatic imine (C=N–C) groups is 1. The topological polar surface area (TPSA) is 65.1 Å². The average Bonchev–Trinajstić information content (AvgIpc) is 2.96. The van der Waals surface area contributed by atoms with E-state index in [9.17, 15) is 0 Å². The zero-order valence-electron chi connectivity index (χ0n) is 15.2. The third-order valence-electron chi connectivity index (χ3n) is 4.16. The van der Waals surface area contributed by atoms with Crippen molar-refractivity contribution in [3.63, 3.8) is 0 Å². The Bertz CT molecular complexity index is 842. The Balaban J connectivity index is 0.00000243. The van der Waals surface area contributed by atoms with E-state index in [1.54, 1.807) is 6.20 Å². The predicted octanol–water partition coefficient (Wildman–Crippen LogP) is 3.79. The molecule has 0 aliphatic rings. The van der Waals surface area contributed by atoms with Crippen LogP contribution in [0.2, 0.25) is 0 Å². The van der Waals surface area contributed by atoms with Gasteiger partial charge in [0.15, 0.2) is 5.96 Å². The number of aromatic amines is 1. The van der Waals surface area contributed by atoms with Crippen LogP contribution >= 0.6 is 24.0 Å². The summed E-state index contributed by atoms with van der Waals surface area (Å²) in [6.07, 6.45) is 2.74. The summed E-state index contributed by atoms with van der Waals surface area (Å²) in [7, 11) is 0. The number of H-pyrrole nitrogens is 1. The molecule has 0 aliphatic carbocycles. The number of halogens is 1. The van der Waals surface area contributed by atoms with Crippen LogP contribution < -0.4 is 10.6 Å². The SMILES string of the molecule is CCNC(=NCc1ccccn1)NCCc1c(C)[nH]c2ccccc12.I. The molecule has 0 atom stereocenters. The van der Waals surface area contributed by atoms with Gasteiger partial charge in [0.2, 0.25) is 0 Å². The van der Waals surface area contributed by atoms with E-state index in [-0.39, 0.29) is 24.0 Å². The minimum absolute atomic E-state index is 0. The Morgan fingerprint density at radius 3 is 2.69 bits per heavy atom. The monoisotopic (exact) mass is 463 g/mol. The van der Waals surface area contributed by atoms with Gasteiger partial charge in [0.25, 0.3) is 0 Å². The highest BCUT2D eigenvalue weighted by Gasteiger charge is 2.07. The predicted molar refractivity (Wildman–Crippen MR) is 119 cm³/mol. The van der Waals surface area contributed by atoms with Crippen molar-refractivity contribution in [2.24, 2.45) is 4.99 Å². The van der Waals surface area contributed by atoms with Crippen LogP contribution in [0.3, 0.4) is 0 Å². The van der Waals surface area contributed by atoms with Crippen molar-refractivity contribution in [3.05, 3.63) is 65.6 Å². The van der Waals surface area contributed by atoms with E-state index in [0.717, 1.165) is 31.2 Å². The molecule has 138 valence electrons. The molecule has 2 heterocycles. The van der Waals surface area contributed by atoms with E-state index >= 15 is 0 Å². The fourth-order valence-corrected chi connectivity index (χ4v) is 2.96. The van der Waals surface area contributed by atoms with Crippen LogP contribution in [0.15, 0.2) is 53.7 Å². The average molecular weight is 463 g/mol. The standard InChI is InChI=1S/C20H25N5.HI/c1-3-21-20(24-14-16-8-6-7-12-22-16)23-13-11-17-15(2)25-19-10-5-4-9-18(17)19;/h4-10,12,25H,3,11,13-14H2,1-2H3,(H2,21,23,24);1H. The van der Waals surface area contributed by atoms with Crippen LogP contribution in [0.25, 0.3) is 10.9 Å². The van der Waals surface area contributed by atoms with Gasteiger partial charge in [0.05, 0.1) is 12.2 Å². The van der Waals surface area contributed by atoms with Gasteiger partial charge in [0, 0.05) is 35.9 Å². The Morgan fingerprint density at radius 1 is 1.12 bits per heavy atom. The summed E-state index contributed by atoms with van der Waals surface area (Å²) < 4.78 is 0. The number of para-hydroxylation sites is 1. The number of fused-ring (bicyclic) bond motifs is 1. The number of hydrogen-bond donors (Lipinski definition) is 3. The molecule has 0 saturated heterocycles. The van der Waals surface area contributed by atoms with E-state index < -0.39 is 0 Å². The molecule has 26 heavy (non-hydrogen) atoms. The molecule has 0 unspecified atom stereocenters. The fourth-order valence-electron chi connectivity index (χ4n) is 2.96. The molecule has 0 spiro atoms. The van der Waals surface area contributed by atoms with E-state index in [1.165, 1.54) is 22.2 Å². The highest BCUT2D eigenvalue weighted by atomic mass is 127. The number of rotatable bonds is 6. The normalized spacial score (nSPS) is 11.2. The maximum absolute atomic E-state index is 4.61. The maximum Gasteiger partial charge on any atom is 0.191 e. The van der Waals surface area contributed by atoms with Crippen molar-refractivity contribution in [2.75, 3.05) is 13.1 Å². The van der Waals surface area contributed by atoms with Gasteiger partial charge in [-0.1, -0.05) is 24.3 Å². The first-order chi connectivity index (χ1) is 12.3. The number of nitrogens with zero attached hydrogens (tertiary/aromatic N) is 2. The lowest BCUT2D eigenvalue weighted by Gasteiger charge is -2.11. The summed E-state index contributed by atoms with van der Waals surface area (Å²) in [6, 6.07) is 14.3. The summed E-state index contributed by atoms with van der Waals surface area (Å²) in [5, 5.41) is 8.01. The van der Waals surface area contributed by atoms with Gasteiger partial charge in [-0.15, -0.1) is 24.0 Å². The lowest BCUT2D eigenvalue weighted by Crippen LogP contribution is -2.38. The molecule has 3 rings (SSSR count). The van der Waals surface area contributed by atoms with Crippen molar-refractivity contribution in [3.8, 4) is 0 Å². The molecule has 0 aliphatic heterocycles. The quantitative estimate of drug-likeness (QED) is 0.296. The Kier molecular flexibility index (Phi) is 7.90. The zero-order valence-corrected chi connectivity index (χ0v) is 17.6. The lowest BCUT2D eigenvalue weighted by atomic mass is 10.1. The van der Waals surface area contributed by atoms with E-state index in [1.807, 2.05) is 18.2 Å². The smallest absolute Gasteiger partial charge is 0.191 e. The second-order valence-corrected chi connectivity index (χ2v) is 5.97. The van der Waals surface area contributed by atoms with Crippen LogP contribution in [0.4, 0.5) is 0 Å². The highest BCUT2D eigenvalue weighted by molar-refractivity contribution is 14.0. The Labute approximate surface area is 171 Å². The summed E-state index contributed by atoms with van der Waals surface area (Å²) in [6.45, 7) is 6.44. The van der Waals surface area contributed by atoms with Gasteiger partial charge in [-0.3, -0.25) is 4.98 Å². The molecule has 0 saturated carbocycles. The van der Waals surface area contributed by atoms with Crippen molar-refractivity contribution in [2.45, 2.75) is 26.8 Å². The van der Waals surface area contributed by atoms with E-state index in [4.69, 9.17) is 0 Å². The van der Waals surface area contributed by atoms with E-state index in [2.05, 4.69) is 63.7 Å². The van der Waals surface area contributed by atoms with Crippen LogP contribution in [0, 0.1) is 6.92 Å². The van der Waals surface area contributed by atoms with Gasteiger partial charge in [0.1, 0.15) is 0 Å². The molecular weight excluding hydrogens is 437 g/mol. The maximum atomic E-state index is 4.61. The summed E-state index contributed by atoms with van der Waals surface area (Å²) in [5.74, 6) is 0.825. The van der Waals surface area contributed by atoms with Gasteiger partial charge < -0.3 is 15.6 Å². The van der Waals surface area contributed by atoms with Crippen LogP contribution in [-0.2, 0) is 13.0 Å². The second kappa shape index (κ2) is 10.2. The molecule has 0 radical (unpaired) electrons. The zero-order chi connectivity index (χ0) is 17.5. The molecule has 0 amide bonds. The fraction of sp³-hybridized carbons (Fsp3) is 0.300. The number of pyridine rings is 1. The van der Waals surface area contributed by atoms with Crippen molar-refractivity contribution >= 4 is 40.8 Å². The molecule has 2 aromatic heterocycles. The number of guanidine groups is 1. The number of aryl methyl sites for hydroxylation is 1. The summed E-state index contributed by atoms with van der Waals surface area (Å²) >= 11 is 0. The number of benzene rings is 1. The second-order valence-electron chi connectivity index (χ2n) is 5.97. The molecule has 0 bridgehead atoms. The first-order valence-electron chi connectivity index (χ1n) is 8.76. The number of nitrogens with one attached hydrogen (secondary N) is 3. The summed E-state index contributed by atoms with van der Waals surface area (Å²) in [5.41, 5.74) is 4.76. The third-order valence-corrected chi connectivity index (χ3v) is 4.16. The summed E-state index contributed by atoms with van der Waals surface area (Å²) in [4.78, 5) is 12.4. The Hall–Kier alpha value is -2.09. The number of hydrogen-bond acceptors (Lipinski definition) is 2. The van der Waals surface area contributed by atoms with Crippen LogP contribution in [0.5, 0.6) is 0 Å². The van der Waals surface area contributed by atoms with Gasteiger partial charge >= 0.3 is 0 Å². The van der Waals surface area contributed by atoms with Crippen molar-refractivity contribution < 1.29 is 0 Å². The van der Waals surface area contributed by atoms with Gasteiger partial charge in [-0.05, 0) is 44.0 Å². The minimum Gasteiger partial charge on any atom is -0.358 e. The Morgan fingerprint density at radius 2 is 1.92 bits per heavy atom. The minimum atomic E-state index is 0. The van der Waals surface area contributed by atoms with Crippen LogP contribution in [-0.4, -0.2) is 29.0 Å². The third kappa shape index (κ3) is 5.20. The van der Waals surface area contributed by atoms with Gasteiger partial charge in [-0.2, -0.15) is 0 Å². The van der Waals surface area contributed by atoms with Crippen molar-refractivity contribution in [1.82, 2.24) is 20.6 Å².